The number of benzene rings is 1. The lowest BCUT2D eigenvalue weighted by molar-refractivity contribution is 0.342. The summed E-state index contributed by atoms with van der Waals surface area (Å²) in [7, 11) is 5.88. The highest BCUT2D eigenvalue weighted by atomic mass is 16.4. The molecule has 0 atom stereocenters. The van der Waals surface area contributed by atoms with Crippen LogP contribution >= 0.6 is 0 Å². The molecule has 0 radical (unpaired) electrons. The van der Waals surface area contributed by atoms with E-state index < -0.39 is 0 Å². The van der Waals surface area contributed by atoms with E-state index in [1.54, 1.807) is 0 Å². The molecule has 1 aromatic heterocycles. The molecule has 18 heavy (non-hydrogen) atoms. The van der Waals surface area contributed by atoms with Crippen molar-refractivity contribution in [3.63, 3.8) is 0 Å². The Morgan fingerprint density at radius 1 is 1.00 bits per heavy atom. The van der Waals surface area contributed by atoms with E-state index in [0.717, 1.165) is 6.54 Å². The zero-order chi connectivity index (χ0) is 13.0. The molecule has 5 heteroatoms. The van der Waals surface area contributed by atoms with E-state index in [2.05, 4.69) is 22.3 Å². The second-order valence-corrected chi connectivity index (χ2v) is 4.56. The Bertz CT molecular complexity index is 481. The summed E-state index contributed by atoms with van der Waals surface area (Å²) >= 11 is 0. The van der Waals surface area contributed by atoms with Crippen molar-refractivity contribution in [2.75, 3.05) is 26.0 Å². The highest BCUT2D eigenvalue weighted by Gasteiger charge is 2.11. The van der Waals surface area contributed by atoms with Gasteiger partial charge >= 0.3 is 6.01 Å². The van der Waals surface area contributed by atoms with Gasteiger partial charge in [-0.05, 0) is 19.7 Å². The lowest BCUT2D eigenvalue weighted by Crippen LogP contribution is -2.16. The van der Waals surface area contributed by atoms with Gasteiger partial charge in [0.1, 0.15) is 0 Å². The Morgan fingerprint density at radius 2 is 1.72 bits per heavy atom. The van der Waals surface area contributed by atoms with Gasteiger partial charge in [0.15, 0.2) is 0 Å². The molecule has 0 spiro atoms. The molecule has 0 unspecified atom stereocenters. The van der Waals surface area contributed by atoms with Gasteiger partial charge in [-0.3, -0.25) is 0 Å². The van der Waals surface area contributed by atoms with Crippen LogP contribution < -0.4 is 4.90 Å². The Kier molecular flexibility index (Phi) is 3.94. The van der Waals surface area contributed by atoms with Gasteiger partial charge in [0.25, 0.3) is 0 Å². The molecule has 96 valence electrons. The van der Waals surface area contributed by atoms with Gasteiger partial charge in [-0.1, -0.05) is 35.4 Å². The minimum atomic E-state index is 0.552. The van der Waals surface area contributed by atoms with Crippen molar-refractivity contribution >= 4 is 6.01 Å². The second-order valence-electron chi connectivity index (χ2n) is 4.56. The van der Waals surface area contributed by atoms with Crippen LogP contribution in [0.15, 0.2) is 34.7 Å². The van der Waals surface area contributed by atoms with Crippen LogP contribution in [0.25, 0.3) is 0 Å². The maximum atomic E-state index is 5.59. The first-order chi connectivity index (χ1) is 8.65. The van der Waals surface area contributed by atoms with E-state index in [9.17, 15) is 0 Å². The Hall–Kier alpha value is -1.88. The predicted octanol–water partition coefficient (Wildman–Crippen LogP) is 1.77. The van der Waals surface area contributed by atoms with Crippen LogP contribution in [0.3, 0.4) is 0 Å². The quantitative estimate of drug-likeness (QED) is 0.804. The molecule has 2 aromatic rings. The third-order valence-corrected chi connectivity index (χ3v) is 2.50. The molecular weight excluding hydrogens is 228 g/mol. The molecule has 0 saturated carbocycles. The van der Waals surface area contributed by atoms with Crippen LogP contribution in [-0.2, 0) is 13.1 Å². The third kappa shape index (κ3) is 3.30. The normalized spacial score (nSPS) is 10.9. The first-order valence-electron chi connectivity index (χ1n) is 5.87. The first kappa shape index (κ1) is 12.6. The number of rotatable bonds is 5. The van der Waals surface area contributed by atoms with Crippen LogP contribution in [0.2, 0.25) is 0 Å². The minimum Gasteiger partial charge on any atom is -0.407 e. The van der Waals surface area contributed by atoms with Crippen molar-refractivity contribution in [3.05, 3.63) is 41.8 Å². The number of hydrogen-bond acceptors (Lipinski definition) is 5. The average Bonchev–Trinajstić information content (AvgIpc) is 2.78. The number of hydrogen-bond donors (Lipinski definition) is 0. The lowest BCUT2D eigenvalue weighted by Gasteiger charge is -2.13. The zero-order valence-corrected chi connectivity index (χ0v) is 11.0. The van der Waals surface area contributed by atoms with Crippen LogP contribution in [-0.4, -0.2) is 36.2 Å². The highest BCUT2D eigenvalue weighted by Crippen LogP contribution is 2.14. The summed E-state index contributed by atoms with van der Waals surface area (Å²) in [6.07, 6.45) is 0. The highest BCUT2D eigenvalue weighted by molar-refractivity contribution is 5.26. The van der Waals surface area contributed by atoms with E-state index in [1.165, 1.54) is 5.56 Å². The van der Waals surface area contributed by atoms with E-state index >= 15 is 0 Å². The van der Waals surface area contributed by atoms with Gasteiger partial charge in [-0.15, -0.1) is 5.10 Å². The SMILES string of the molecule is CN(C)Cc1nnc(N(C)Cc2ccccc2)o1. The maximum Gasteiger partial charge on any atom is 0.318 e. The van der Waals surface area contributed by atoms with Gasteiger partial charge in [-0.2, -0.15) is 0 Å². The smallest absolute Gasteiger partial charge is 0.318 e. The summed E-state index contributed by atoms with van der Waals surface area (Å²) in [5.74, 6) is 0.634. The largest absolute Gasteiger partial charge is 0.407 e. The number of nitrogens with zero attached hydrogens (tertiary/aromatic N) is 4. The Labute approximate surface area is 107 Å². The molecule has 1 heterocycles. The van der Waals surface area contributed by atoms with Crippen molar-refractivity contribution in [1.29, 1.82) is 0 Å². The summed E-state index contributed by atoms with van der Waals surface area (Å²) < 4.78 is 5.59. The molecule has 0 fully saturated rings. The van der Waals surface area contributed by atoms with E-state index in [1.807, 2.05) is 49.1 Å². The third-order valence-electron chi connectivity index (χ3n) is 2.50. The number of aromatic nitrogens is 2. The van der Waals surface area contributed by atoms with Gasteiger partial charge in [0.05, 0.1) is 6.54 Å². The predicted molar refractivity (Wildman–Crippen MR) is 70.2 cm³/mol. The second kappa shape index (κ2) is 5.64. The van der Waals surface area contributed by atoms with E-state index in [0.29, 0.717) is 18.5 Å². The fraction of sp³-hybridized carbons (Fsp3) is 0.385. The molecule has 0 amide bonds. The molecular formula is C13H18N4O. The molecule has 1 aromatic carbocycles. The van der Waals surface area contributed by atoms with Crippen molar-refractivity contribution < 1.29 is 4.42 Å². The standard InChI is InChI=1S/C13H18N4O/c1-16(2)10-12-14-15-13(18-12)17(3)9-11-7-5-4-6-8-11/h4-8H,9-10H2,1-3H3. The molecule has 0 N–H and O–H groups in total. The van der Waals surface area contributed by atoms with Crippen molar-refractivity contribution in [3.8, 4) is 0 Å². The average molecular weight is 246 g/mol. The van der Waals surface area contributed by atoms with Gasteiger partial charge in [0, 0.05) is 13.6 Å². The molecule has 0 bridgehead atoms. The van der Waals surface area contributed by atoms with Crippen LogP contribution in [0.4, 0.5) is 6.01 Å². The summed E-state index contributed by atoms with van der Waals surface area (Å²) in [6, 6.07) is 10.8. The number of anilines is 1. The van der Waals surface area contributed by atoms with Gasteiger partial charge < -0.3 is 14.2 Å². The van der Waals surface area contributed by atoms with Crippen LogP contribution in [0.5, 0.6) is 0 Å². The molecule has 0 saturated heterocycles. The van der Waals surface area contributed by atoms with Crippen molar-refractivity contribution in [2.45, 2.75) is 13.1 Å². The Morgan fingerprint density at radius 3 is 2.39 bits per heavy atom. The lowest BCUT2D eigenvalue weighted by atomic mass is 10.2. The van der Waals surface area contributed by atoms with E-state index in [-0.39, 0.29) is 0 Å². The van der Waals surface area contributed by atoms with Gasteiger partial charge in [-0.25, -0.2) is 0 Å². The summed E-state index contributed by atoms with van der Waals surface area (Å²) in [6.45, 7) is 1.41. The summed E-state index contributed by atoms with van der Waals surface area (Å²) in [5.41, 5.74) is 1.22. The fourth-order valence-corrected chi connectivity index (χ4v) is 1.66. The van der Waals surface area contributed by atoms with Gasteiger partial charge in [0.2, 0.25) is 5.89 Å². The Balaban J connectivity index is 2.00. The van der Waals surface area contributed by atoms with Crippen molar-refractivity contribution in [2.24, 2.45) is 0 Å². The molecule has 5 nitrogen and oxygen atoms in total. The zero-order valence-electron chi connectivity index (χ0n) is 11.0. The molecule has 2 rings (SSSR count). The minimum absolute atomic E-state index is 0.552. The monoisotopic (exact) mass is 246 g/mol. The molecule has 0 aliphatic carbocycles. The van der Waals surface area contributed by atoms with E-state index in [4.69, 9.17) is 4.42 Å². The first-order valence-corrected chi connectivity index (χ1v) is 5.87. The van der Waals surface area contributed by atoms with Crippen LogP contribution in [0, 0.1) is 0 Å². The fourth-order valence-electron chi connectivity index (χ4n) is 1.66. The topological polar surface area (TPSA) is 45.4 Å². The summed E-state index contributed by atoms with van der Waals surface area (Å²) in [5, 5.41) is 8.07. The summed E-state index contributed by atoms with van der Waals surface area (Å²) in [4.78, 5) is 3.94. The molecule has 0 aliphatic rings. The van der Waals surface area contributed by atoms with Crippen LogP contribution in [0.1, 0.15) is 11.5 Å². The molecule has 0 aliphatic heterocycles. The maximum absolute atomic E-state index is 5.59. The van der Waals surface area contributed by atoms with Crippen molar-refractivity contribution in [1.82, 2.24) is 15.1 Å².